The molecule has 29 heavy (non-hydrogen) atoms. The number of nitrogens with zero attached hydrogens (tertiary/aromatic N) is 1. The van der Waals surface area contributed by atoms with Crippen LogP contribution in [-0.4, -0.2) is 45.0 Å². The first kappa shape index (κ1) is 21.6. The van der Waals surface area contributed by atoms with Crippen LogP contribution in [0.3, 0.4) is 0 Å². The second-order valence-electron chi connectivity index (χ2n) is 7.29. The Kier molecular flexibility index (Phi) is 6.82. The highest BCUT2D eigenvalue weighted by Crippen LogP contribution is 2.20. The van der Waals surface area contributed by atoms with E-state index in [1.807, 2.05) is 19.1 Å². The molecule has 1 amide bonds. The lowest BCUT2D eigenvalue weighted by molar-refractivity contribution is -0.134. The van der Waals surface area contributed by atoms with Crippen LogP contribution in [0.25, 0.3) is 0 Å². The molecule has 8 heteroatoms. The summed E-state index contributed by atoms with van der Waals surface area (Å²) >= 11 is 5.83. The van der Waals surface area contributed by atoms with Crippen molar-refractivity contribution in [2.75, 3.05) is 19.7 Å². The van der Waals surface area contributed by atoms with Crippen LogP contribution in [0, 0.1) is 13.8 Å². The molecule has 1 aliphatic heterocycles. The summed E-state index contributed by atoms with van der Waals surface area (Å²) in [5.41, 5.74) is 1.62. The predicted molar refractivity (Wildman–Crippen MR) is 113 cm³/mol. The molecule has 1 heterocycles. The molecule has 0 unspecified atom stereocenters. The number of amides is 1. The fourth-order valence-electron chi connectivity index (χ4n) is 3.29. The number of benzene rings is 2. The first-order valence-electron chi connectivity index (χ1n) is 9.50. The van der Waals surface area contributed by atoms with E-state index in [4.69, 9.17) is 16.3 Å². The summed E-state index contributed by atoms with van der Waals surface area (Å²) < 4.78 is 33.8. The zero-order chi connectivity index (χ0) is 21.0. The van der Waals surface area contributed by atoms with E-state index in [-0.39, 0.29) is 18.6 Å². The Bertz CT molecular complexity index is 969. The molecule has 2 aromatic carbocycles. The standard InChI is InChI=1S/C21H25ClN2O4S/c1-15-3-4-16(2)20(13-15)29(26,27)23-18-9-11-24(12-10-18)21(25)14-28-19-7-5-17(22)6-8-19/h3-8,13,18,23H,9-12,14H2,1-2H3. The van der Waals surface area contributed by atoms with Gasteiger partial charge in [-0.25, -0.2) is 13.1 Å². The summed E-state index contributed by atoms with van der Waals surface area (Å²) in [7, 11) is -3.59. The Hall–Kier alpha value is -2.09. The number of likely N-dealkylation sites (tertiary alicyclic amines) is 1. The Morgan fingerprint density at radius 3 is 2.45 bits per heavy atom. The Labute approximate surface area is 176 Å². The lowest BCUT2D eigenvalue weighted by Crippen LogP contribution is -2.47. The Morgan fingerprint density at radius 2 is 1.79 bits per heavy atom. The first-order valence-corrected chi connectivity index (χ1v) is 11.4. The van der Waals surface area contributed by atoms with E-state index in [1.165, 1.54) is 0 Å². The van der Waals surface area contributed by atoms with E-state index in [1.54, 1.807) is 42.2 Å². The van der Waals surface area contributed by atoms with Gasteiger partial charge in [0.2, 0.25) is 10.0 Å². The number of rotatable bonds is 6. The summed E-state index contributed by atoms with van der Waals surface area (Å²) in [6.45, 7) is 4.58. The summed E-state index contributed by atoms with van der Waals surface area (Å²) in [5, 5.41) is 0.606. The molecule has 1 aliphatic rings. The molecule has 0 saturated carbocycles. The number of hydrogen-bond donors (Lipinski definition) is 1. The maximum Gasteiger partial charge on any atom is 0.260 e. The molecule has 0 bridgehead atoms. The number of nitrogens with one attached hydrogen (secondary N) is 1. The molecule has 0 aromatic heterocycles. The van der Waals surface area contributed by atoms with Crippen LogP contribution >= 0.6 is 11.6 Å². The smallest absolute Gasteiger partial charge is 0.260 e. The Balaban J connectivity index is 1.51. The number of sulfonamides is 1. The van der Waals surface area contributed by atoms with Crippen LogP contribution in [0.5, 0.6) is 5.75 Å². The van der Waals surface area contributed by atoms with E-state index >= 15 is 0 Å². The molecular weight excluding hydrogens is 412 g/mol. The van der Waals surface area contributed by atoms with Crippen LogP contribution in [0.1, 0.15) is 24.0 Å². The van der Waals surface area contributed by atoms with Crippen LogP contribution in [0.4, 0.5) is 0 Å². The minimum atomic E-state index is -3.59. The SMILES string of the molecule is Cc1ccc(C)c(S(=O)(=O)NC2CCN(C(=O)COc3ccc(Cl)cc3)CC2)c1. The normalized spacial score (nSPS) is 15.3. The maximum absolute atomic E-state index is 12.8. The van der Waals surface area contributed by atoms with Crippen LogP contribution in [0.2, 0.25) is 5.02 Å². The van der Waals surface area contributed by atoms with Crippen molar-refractivity contribution in [2.24, 2.45) is 0 Å². The van der Waals surface area contributed by atoms with Crippen molar-refractivity contribution in [1.82, 2.24) is 9.62 Å². The number of halogens is 1. The van der Waals surface area contributed by atoms with E-state index in [2.05, 4.69) is 4.72 Å². The van der Waals surface area contributed by atoms with E-state index in [0.29, 0.717) is 41.6 Å². The summed E-state index contributed by atoms with van der Waals surface area (Å²) in [6, 6.07) is 12.0. The minimum absolute atomic E-state index is 0.0550. The number of aryl methyl sites for hydroxylation is 2. The van der Waals surface area contributed by atoms with Crippen molar-refractivity contribution in [3.63, 3.8) is 0 Å². The zero-order valence-electron chi connectivity index (χ0n) is 16.5. The number of ether oxygens (including phenoxy) is 1. The van der Waals surface area contributed by atoms with Gasteiger partial charge in [0.05, 0.1) is 4.90 Å². The molecule has 0 aliphatic carbocycles. The van der Waals surface area contributed by atoms with Crippen LogP contribution in [0.15, 0.2) is 47.4 Å². The highest BCUT2D eigenvalue weighted by molar-refractivity contribution is 7.89. The number of hydrogen-bond acceptors (Lipinski definition) is 4. The van der Waals surface area contributed by atoms with Crippen LogP contribution < -0.4 is 9.46 Å². The number of carbonyl (C=O) groups excluding carboxylic acids is 1. The van der Waals surface area contributed by atoms with E-state index < -0.39 is 10.0 Å². The van der Waals surface area contributed by atoms with Gasteiger partial charge in [0, 0.05) is 24.2 Å². The molecule has 0 atom stereocenters. The third-order valence-corrected chi connectivity index (χ3v) is 6.89. The molecule has 2 aromatic rings. The van der Waals surface area contributed by atoms with Gasteiger partial charge in [-0.2, -0.15) is 0 Å². The molecule has 1 saturated heterocycles. The maximum atomic E-state index is 12.8. The van der Waals surface area contributed by atoms with Gasteiger partial charge in [-0.05, 0) is 68.1 Å². The molecule has 0 spiro atoms. The quantitative estimate of drug-likeness (QED) is 0.753. The highest BCUT2D eigenvalue weighted by Gasteiger charge is 2.27. The lowest BCUT2D eigenvalue weighted by Gasteiger charge is -2.32. The van der Waals surface area contributed by atoms with Crippen molar-refractivity contribution < 1.29 is 17.9 Å². The average Bonchev–Trinajstić information content (AvgIpc) is 2.69. The topological polar surface area (TPSA) is 75.7 Å². The van der Waals surface area contributed by atoms with Crippen LogP contribution in [-0.2, 0) is 14.8 Å². The van der Waals surface area contributed by atoms with Gasteiger partial charge < -0.3 is 9.64 Å². The van der Waals surface area contributed by atoms with Gasteiger partial charge in [0.15, 0.2) is 6.61 Å². The molecule has 1 N–H and O–H groups in total. The molecular formula is C21H25ClN2O4S. The monoisotopic (exact) mass is 436 g/mol. The summed E-state index contributed by atoms with van der Waals surface area (Å²) in [4.78, 5) is 14.4. The second kappa shape index (κ2) is 9.15. The van der Waals surface area contributed by atoms with E-state index in [0.717, 1.165) is 11.1 Å². The fourth-order valence-corrected chi connectivity index (χ4v) is 5.05. The third kappa shape index (κ3) is 5.72. The second-order valence-corrected chi connectivity index (χ2v) is 9.41. The van der Waals surface area contributed by atoms with Crippen molar-refractivity contribution in [2.45, 2.75) is 37.6 Å². The van der Waals surface area contributed by atoms with Gasteiger partial charge >= 0.3 is 0 Å². The molecule has 6 nitrogen and oxygen atoms in total. The third-order valence-electron chi connectivity index (χ3n) is 4.98. The average molecular weight is 437 g/mol. The van der Waals surface area contributed by atoms with Gasteiger partial charge in [0.1, 0.15) is 5.75 Å². The van der Waals surface area contributed by atoms with Crippen molar-refractivity contribution in [3.05, 3.63) is 58.6 Å². The molecule has 156 valence electrons. The predicted octanol–water partition coefficient (Wildman–Crippen LogP) is 3.31. The van der Waals surface area contributed by atoms with Crippen molar-refractivity contribution in [1.29, 1.82) is 0 Å². The van der Waals surface area contributed by atoms with Gasteiger partial charge in [0.25, 0.3) is 5.91 Å². The number of carbonyl (C=O) groups is 1. The summed E-state index contributed by atoms with van der Waals surface area (Å²) in [5.74, 6) is 0.467. The fraction of sp³-hybridized carbons (Fsp3) is 0.381. The lowest BCUT2D eigenvalue weighted by atomic mass is 10.1. The minimum Gasteiger partial charge on any atom is -0.484 e. The Morgan fingerprint density at radius 1 is 1.14 bits per heavy atom. The van der Waals surface area contributed by atoms with E-state index in [9.17, 15) is 13.2 Å². The summed E-state index contributed by atoms with van der Waals surface area (Å²) in [6.07, 6.45) is 1.13. The van der Waals surface area contributed by atoms with Gasteiger partial charge in [-0.3, -0.25) is 4.79 Å². The largest absolute Gasteiger partial charge is 0.484 e. The number of piperidine rings is 1. The van der Waals surface area contributed by atoms with Gasteiger partial charge in [-0.15, -0.1) is 0 Å². The van der Waals surface area contributed by atoms with Gasteiger partial charge in [-0.1, -0.05) is 23.7 Å². The molecule has 1 fully saturated rings. The first-order chi connectivity index (χ1) is 13.7. The molecule has 3 rings (SSSR count). The highest BCUT2D eigenvalue weighted by atomic mass is 35.5. The zero-order valence-corrected chi connectivity index (χ0v) is 18.1. The van der Waals surface area contributed by atoms with Crippen molar-refractivity contribution >= 4 is 27.5 Å². The molecule has 0 radical (unpaired) electrons. The van der Waals surface area contributed by atoms with Crippen molar-refractivity contribution in [3.8, 4) is 5.75 Å².